The zero-order valence-electron chi connectivity index (χ0n) is 12.0. The van der Waals surface area contributed by atoms with Gasteiger partial charge in [0, 0.05) is 0 Å². The van der Waals surface area contributed by atoms with Crippen molar-refractivity contribution in [3.05, 3.63) is 33.9 Å². The summed E-state index contributed by atoms with van der Waals surface area (Å²) in [6, 6.07) is 1.09. The van der Waals surface area contributed by atoms with E-state index in [4.69, 9.17) is 0 Å². The molecule has 0 unspecified atom stereocenters. The third-order valence-corrected chi connectivity index (χ3v) is 3.69. The van der Waals surface area contributed by atoms with Crippen molar-refractivity contribution in [2.45, 2.75) is 26.2 Å². The van der Waals surface area contributed by atoms with Crippen molar-refractivity contribution in [1.82, 2.24) is 0 Å². The molecule has 22 heavy (non-hydrogen) atoms. The van der Waals surface area contributed by atoms with E-state index in [0.29, 0.717) is 5.56 Å². The highest BCUT2D eigenvalue weighted by Crippen LogP contribution is 2.33. The number of benzene rings is 1. The fourth-order valence-electron chi connectivity index (χ4n) is 2.38. The van der Waals surface area contributed by atoms with Crippen LogP contribution >= 0.6 is 0 Å². The average molecular weight is 310 g/mol. The van der Waals surface area contributed by atoms with E-state index in [1.54, 1.807) is 0 Å². The number of aliphatic carboxylic acids is 3. The number of aryl methyl sites for hydroxylation is 1. The first kappa shape index (κ1) is 17.2. The number of carboxylic acid groups (broad SMARTS) is 4. The Morgan fingerprint density at radius 1 is 0.818 bits per heavy atom. The first-order valence-corrected chi connectivity index (χ1v) is 6.04. The minimum Gasteiger partial charge on any atom is -0.480 e. The molecule has 0 saturated carbocycles. The summed E-state index contributed by atoms with van der Waals surface area (Å²) in [5.74, 6) is -7.70. The van der Waals surface area contributed by atoms with E-state index in [2.05, 4.69) is 0 Å². The van der Waals surface area contributed by atoms with Gasteiger partial charge >= 0.3 is 23.9 Å². The molecule has 0 aliphatic heterocycles. The van der Waals surface area contributed by atoms with E-state index in [9.17, 15) is 39.6 Å². The Balaban J connectivity index is 4.03. The number of aromatic carboxylic acids is 1. The standard InChI is InChI=1S/C14H14O8/c1-5-4-8(7(3)9(6(5)2)10(15)16)14(11(17)18,12(19)20)13(21)22/h4H,1-3H3,(H,15,16)(H,17,18)(H,19,20)(H,21,22). The second-order valence-corrected chi connectivity index (χ2v) is 4.84. The van der Waals surface area contributed by atoms with E-state index < -0.39 is 34.9 Å². The van der Waals surface area contributed by atoms with Gasteiger partial charge in [0.05, 0.1) is 5.56 Å². The Hall–Kier alpha value is -2.90. The Bertz CT molecular complexity index is 665. The second kappa shape index (κ2) is 5.47. The predicted octanol–water partition coefficient (Wildman–Crippen LogP) is 0.802. The maximum atomic E-state index is 11.4. The van der Waals surface area contributed by atoms with Gasteiger partial charge in [-0.2, -0.15) is 0 Å². The van der Waals surface area contributed by atoms with Gasteiger partial charge in [-0.1, -0.05) is 6.07 Å². The van der Waals surface area contributed by atoms with E-state index in [1.165, 1.54) is 20.8 Å². The van der Waals surface area contributed by atoms with Gasteiger partial charge in [-0.25, -0.2) is 19.2 Å². The molecule has 118 valence electrons. The molecule has 1 aromatic rings. The van der Waals surface area contributed by atoms with Crippen LogP contribution in [0.4, 0.5) is 0 Å². The van der Waals surface area contributed by atoms with Crippen molar-refractivity contribution >= 4 is 23.9 Å². The van der Waals surface area contributed by atoms with Crippen LogP contribution in [-0.2, 0) is 19.8 Å². The van der Waals surface area contributed by atoms with Crippen LogP contribution in [-0.4, -0.2) is 44.3 Å². The molecular formula is C14H14O8. The normalized spacial score (nSPS) is 11.0. The van der Waals surface area contributed by atoms with Crippen LogP contribution in [0.15, 0.2) is 6.07 Å². The maximum Gasteiger partial charge on any atom is 0.337 e. The van der Waals surface area contributed by atoms with Gasteiger partial charge in [-0.3, -0.25) is 0 Å². The van der Waals surface area contributed by atoms with Gasteiger partial charge in [0.25, 0.3) is 5.41 Å². The number of hydrogen-bond acceptors (Lipinski definition) is 4. The first-order chi connectivity index (χ1) is 9.99. The molecule has 0 saturated heterocycles. The van der Waals surface area contributed by atoms with Crippen molar-refractivity contribution in [3.8, 4) is 0 Å². The molecule has 0 fully saturated rings. The summed E-state index contributed by atoms with van der Waals surface area (Å²) in [6.07, 6.45) is 0. The number of rotatable bonds is 5. The van der Waals surface area contributed by atoms with Crippen LogP contribution in [0, 0.1) is 20.8 Å². The molecular weight excluding hydrogens is 296 g/mol. The van der Waals surface area contributed by atoms with Crippen molar-refractivity contribution in [3.63, 3.8) is 0 Å². The van der Waals surface area contributed by atoms with Gasteiger partial charge < -0.3 is 20.4 Å². The van der Waals surface area contributed by atoms with Crippen LogP contribution < -0.4 is 0 Å². The van der Waals surface area contributed by atoms with Crippen molar-refractivity contribution in [2.24, 2.45) is 0 Å². The predicted molar refractivity (Wildman–Crippen MR) is 72.2 cm³/mol. The summed E-state index contributed by atoms with van der Waals surface area (Å²) in [6.45, 7) is 4.11. The van der Waals surface area contributed by atoms with Crippen LogP contribution in [0.2, 0.25) is 0 Å². The van der Waals surface area contributed by atoms with Crippen molar-refractivity contribution in [1.29, 1.82) is 0 Å². The summed E-state index contributed by atoms with van der Waals surface area (Å²) in [5.41, 5.74) is -3.77. The molecule has 0 heterocycles. The minimum atomic E-state index is -3.27. The third kappa shape index (κ3) is 2.18. The first-order valence-electron chi connectivity index (χ1n) is 6.04. The van der Waals surface area contributed by atoms with Crippen molar-refractivity contribution in [2.75, 3.05) is 0 Å². The SMILES string of the molecule is Cc1cc(C(C(=O)O)(C(=O)O)C(=O)O)c(C)c(C(=O)O)c1C. The molecule has 0 bridgehead atoms. The van der Waals surface area contributed by atoms with Crippen LogP contribution in [0.1, 0.15) is 32.6 Å². The quantitative estimate of drug-likeness (QED) is 0.583. The smallest absolute Gasteiger partial charge is 0.337 e. The molecule has 0 radical (unpaired) electrons. The van der Waals surface area contributed by atoms with Gasteiger partial charge in [0.1, 0.15) is 0 Å². The van der Waals surface area contributed by atoms with Crippen LogP contribution in [0.5, 0.6) is 0 Å². The number of carbonyl (C=O) groups is 4. The highest BCUT2D eigenvalue weighted by atomic mass is 16.4. The van der Waals surface area contributed by atoms with E-state index >= 15 is 0 Å². The average Bonchev–Trinajstić information content (AvgIpc) is 2.34. The highest BCUT2D eigenvalue weighted by molar-refractivity contribution is 6.23. The monoisotopic (exact) mass is 310 g/mol. The molecule has 0 aromatic heterocycles. The summed E-state index contributed by atoms with van der Waals surface area (Å²) in [4.78, 5) is 45.6. The van der Waals surface area contributed by atoms with Gasteiger partial charge in [0.2, 0.25) is 0 Å². The molecule has 1 aromatic carbocycles. The largest absolute Gasteiger partial charge is 0.480 e. The fraction of sp³-hybridized carbons (Fsp3) is 0.286. The Labute approximate surface area is 124 Å². The molecule has 8 nitrogen and oxygen atoms in total. The molecule has 1 rings (SSSR count). The van der Waals surface area contributed by atoms with E-state index in [1.807, 2.05) is 0 Å². The maximum absolute atomic E-state index is 11.4. The van der Waals surface area contributed by atoms with Crippen LogP contribution in [0.3, 0.4) is 0 Å². The topological polar surface area (TPSA) is 149 Å². The molecule has 0 atom stereocenters. The molecule has 0 aliphatic carbocycles. The molecule has 0 aliphatic rings. The zero-order chi connectivity index (χ0) is 17.4. The number of hydrogen-bond donors (Lipinski definition) is 4. The lowest BCUT2D eigenvalue weighted by Gasteiger charge is -2.25. The summed E-state index contributed by atoms with van der Waals surface area (Å²) in [7, 11) is 0. The summed E-state index contributed by atoms with van der Waals surface area (Å²) >= 11 is 0. The fourth-order valence-corrected chi connectivity index (χ4v) is 2.38. The lowest BCUT2D eigenvalue weighted by molar-refractivity contribution is -0.167. The zero-order valence-corrected chi connectivity index (χ0v) is 12.0. The van der Waals surface area contributed by atoms with E-state index in [0.717, 1.165) is 6.07 Å². The summed E-state index contributed by atoms with van der Waals surface area (Å²) < 4.78 is 0. The number of carboxylic acids is 4. The van der Waals surface area contributed by atoms with Crippen LogP contribution in [0.25, 0.3) is 0 Å². The Morgan fingerprint density at radius 3 is 1.55 bits per heavy atom. The molecule has 4 N–H and O–H groups in total. The molecule has 8 heteroatoms. The molecule has 0 spiro atoms. The van der Waals surface area contributed by atoms with Gasteiger partial charge in [-0.05, 0) is 43.0 Å². The highest BCUT2D eigenvalue weighted by Gasteiger charge is 2.57. The lowest BCUT2D eigenvalue weighted by atomic mass is 9.75. The Kier molecular flexibility index (Phi) is 4.27. The molecule has 0 amide bonds. The van der Waals surface area contributed by atoms with Crippen molar-refractivity contribution < 1.29 is 39.6 Å². The lowest BCUT2D eigenvalue weighted by Crippen LogP contribution is -2.51. The van der Waals surface area contributed by atoms with Gasteiger partial charge in [0.15, 0.2) is 0 Å². The summed E-state index contributed by atoms with van der Waals surface area (Å²) in [5, 5.41) is 36.9. The van der Waals surface area contributed by atoms with Gasteiger partial charge in [-0.15, -0.1) is 0 Å². The minimum absolute atomic E-state index is 0.206. The second-order valence-electron chi connectivity index (χ2n) is 4.84. The third-order valence-electron chi connectivity index (χ3n) is 3.69. The Morgan fingerprint density at radius 2 is 1.23 bits per heavy atom. The van der Waals surface area contributed by atoms with E-state index in [-0.39, 0.29) is 16.7 Å².